The summed E-state index contributed by atoms with van der Waals surface area (Å²) >= 11 is 3.45. The van der Waals surface area contributed by atoms with Crippen molar-refractivity contribution < 1.29 is 28.6 Å². The van der Waals surface area contributed by atoms with Gasteiger partial charge in [-0.15, -0.1) is 0 Å². The van der Waals surface area contributed by atoms with Gasteiger partial charge in [0.25, 0.3) is 5.91 Å². The Balaban J connectivity index is 2.13. The van der Waals surface area contributed by atoms with Crippen molar-refractivity contribution in [3.63, 3.8) is 0 Å². The number of anilines is 1. The Labute approximate surface area is 197 Å². The number of aromatic amines is 1. The van der Waals surface area contributed by atoms with Gasteiger partial charge in [-0.3, -0.25) is 19.3 Å². The van der Waals surface area contributed by atoms with Crippen LogP contribution in [0.4, 0.5) is 5.82 Å². The number of H-pyrrole nitrogens is 1. The molecule has 174 valence electrons. The minimum Gasteiger partial charge on any atom is -0.463 e. The maximum Gasteiger partial charge on any atom is 0.346 e. The minimum atomic E-state index is -1.19. The number of aromatic nitrogens is 2. The molecule has 1 fully saturated rings. The first-order chi connectivity index (χ1) is 15.7. The number of hydrogen-bond acceptors (Lipinski definition) is 8. The van der Waals surface area contributed by atoms with E-state index in [-0.39, 0.29) is 18.0 Å². The molecule has 1 N–H and O–H groups in total. The SMILES string of the molecule is C=Cc1c[nH]c(=O)nc1N(C(=O)c1ccccc1)[C@@H]1O[C@H](COC(C)=O)[C@H](Br)[C@H]1OC(C)=O. The summed E-state index contributed by atoms with van der Waals surface area (Å²) in [7, 11) is 0. The topological polar surface area (TPSA) is 128 Å². The van der Waals surface area contributed by atoms with Gasteiger partial charge in [0.1, 0.15) is 12.7 Å². The first-order valence-electron chi connectivity index (χ1n) is 9.93. The van der Waals surface area contributed by atoms with Crippen LogP contribution in [0, 0.1) is 0 Å². The van der Waals surface area contributed by atoms with Crippen LogP contribution in [0.3, 0.4) is 0 Å². The summed E-state index contributed by atoms with van der Waals surface area (Å²) < 4.78 is 16.6. The molecule has 0 bridgehead atoms. The number of alkyl halides is 1. The quantitative estimate of drug-likeness (QED) is 0.434. The molecular formula is C22H22BrN3O7. The van der Waals surface area contributed by atoms with Crippen LogP contribution in [0.1, 0.15) is 29.8 Å². The number of halogens is 1. The lowest BCUT2D eigenvalue weighted by Crippen LogP contribution is -2.49. The van der Waals surface area contributed by atoms with Gasteiger partial charge in [0.2, 0.25) is 0 Å². The summed E-state index contributed by atoms with van der Waals surface area (Å²) in [6, 6.07) is 8.29. The first kappa shape index (κ1) is 24.3. The van der Waals surface area contributed by atoms with Crippen LogP contribution < -0.4 is 10.6 Å². The molecule has 4 atom stereocenters. The van der Waals surface area contributed by atoms with Crippen molar-refractivity contribution >= 4 is 45.7 Å². The predicted octanol–water partition coefficient (Wildman–Crippen LogP) is 2.04. The molecule has 11 heteroatoms. The molecule has 2 aromatic rings. The Bertz CT molecular complexity index is 1100. The number of benzene rings is 1. The Morgan fingerprint density at radius 1 is 1.24 bits per heavy atom. The zero-order chi connectivity index (χ0) is 24.1. The molecule has 0 unspecified atom stereocenters. The van der Waals surface area contributed by atoms with Crippen LogP contribution in [-0.4, -0.2) is 57.7 Å². The van der Waals surface area contributed by atoms with Gasteiger partial charge in [-0.25, -0.2) is 4.79 Å². The number of nitrogens with one attached hydrogen (secondary N) is 1. The largest absolute Gasteiger partial charge is 0.463 e. The van der Waals surface area contributed by atoms with Crippen LogP contribution >= 0.6 is 15.9 Å². The van der Waals surface area contributed by atoms with Gasteiger partial charge in [-0.2, -0.15) is 4.98 Å². The number of esters is 2. The molecule has 1 aliphatic heterocycles. The maximum absolute atomic E-state index is 13.6. The molecular weight excluding hydrogens is 498 g/mol. The van der Waals surface area contributed by atoms with Crippen LogP contribution in [0.15, 0.2) is 47.9 Å². The van der Waals surface area contributed by atoms with Crippen molar-refractivity contribution in [1.82, 2.24) is 9.97 Å². The van der Waals surface area contributed by atoms with E-state index in [4.69, 9.17) is 14.2 Å². The van der Waals surface area contributed by atoms with Crippen molar-refractivity contribution in [2.45, 2.75) is 37.1 Å². The van der Waals surface area contributed by atoms with E-state index in [9.17, 15) is 19.2 Å². The van der Waals surface area contributed by atoms with E-state index in [2.05, 4.69) is 32.5 Å². The second-order valence-corrected chi connectivity index (χ2v) is 8.17. The van der Waals surface area contributed by atoms with E-state index in [1.165, 1.54) is 26.1 Å². The Hall–Kier alpha value is -3.31. The average Bonchev–Trinajstić information content (AvgIpc) is 3.08. The highest BCUT2D eigenvalue weighted by Crippen LogP contribution is 2.35. The Morgan fingerprint density at radius 3 is 2.55 bits per heavy atom. The lowest BCUT2D eigenvalue weighted by Gasteiger charge is -2.32. The summed E-state index contributed by atoms with van der Waals surface area (Å²) in [5, 5.41) is 0. The number of nitrogens with zero attached hydrogens (tertiary/aromatic N) is 2. The number of rotatable bonds is 7. The molecule has 1 amide bonds. The van der Waals surface area contributed by atoms with Gasteiger partial charge in [0, 0.05) is 31.2 Å². The molecule has 3 rings (SSSR count). The third-order valence-electron chi connectivity index (χ3n) is 4.78. The van der Waals surface area contributed by atoms with Crippen LogP contribution in [0.25, 0.3) is 6.08 Å². The number of carbonyl (C=O) groups excluding carboxylic acids is 3. The van der Waals surface area contributed by atoms with Crippen LogP contribution in [0.5, 0.6) is 0 Å². The summed E-state index contributed by atoms with van der Waals surface area (Å²) in [6.07, 6.45) is -0.181. The van der Waals surface area contributed by atoms with Gasteiger partial charge < -0.3 is 19.2 Å². The number of amides is 1. The summed E-state index contributed by atoms with van der Waals surface area (Å²) in [4.78, 5) is 55.8. The smallest absolute Gasteiger partial charge is 0.346 e. The molecule has 1 aromatic carbocycles. The summed E-state index contributed by atoms with van der Waals surface area (Å²) in [6.45, 7) is 6.04. The van der Waals surface area contributed by atoms with Crippen LogP contribution in [-0.2, 0) is 23.8 Å². The van der Waals surface area contributed by atoms with Crippen molar-refractivity contribution in [1.29, 1.82) is 0 Å². The molecule has 0 saturated carbocycles. The lowest BCUT2D eigenvalue weighted by molar-refractivity contribution is -0.148. The highest BCUT2D eigenvalue weighted by molar-refractivity contribution is 9.09. The molecule has 33 heavy (non-hydrogen) atoms. The fourth-order valence-corrected chi connectivity index (χ4v) is 3.99. The predicted molar refractivity (Wildman–Crippen MR) is 122 cm³/mol. The second-order valence-electron chi connectivity index (χ2n) is 7.12. The molecule has 2 heterocycles. The number of hydrogen-bond donors (Lipinski definition) is 1. The van der Waals surface area contributed by atoms with E-state index in [1.807, 2.05) is 0 Å². The molecule has 0 spiro atoms. The summed E-state index contributed by atoms with van der Waals surface area (Å²) in [5.74, 6) is -1.71. The van der Waals surface area contributed by atoms with E-state index in [0.717, 1.165) is 4.90 Å². The highest BCUT2D eigenvalue weighted by atomic mass is 79.9. The first-order valence-corrected chi connectivity index (χ1v) is 10.9. The standard InChI is InChI=1S/C22H22BrN3O7/c1-4-14-10-24-22(30)25-19(14)26(20(29)15-8-6-5-7-9-15)21-18(32-13(3)28)17(23)16(33-21)11-31-12(2)27/h4-10,16-18,21H,1,11H2,2-3H3,(H,24,25,30)/t16-,17+,18-,21-/m1/s1. The van der Waals surface area contributed by atoms with Gasteiger partial charge >= 0.3 is 17.6 Å². The van der Waals surface area contributed by atoms with E-state index in [0.29, 0.717) is 5.56 Å². The number of carbonyl (C=O) groups is 3. The average molecular weight is 520 g/mol. The molecule has 10 nitrogen and oxygen atoms in total. The zero-order valence-electron chi connectivity index (χ0n) is 17.9. The molecule has 0 aliphatic carbocycles. The highest BCUT2D eigenvalue weighted by Gasteiger charge is 2.51. The zero-order valence-corrected chi connectivity index (χ0v) is 19.5. The third-order valence-corrected chi connectivity index (χ3v) is 5.89. The number of ether oxygens (including phenoxy) is 3. The van der Waals surface area contributed by atoms with Gasteiger partial charge in [0.15, 0.2) is 18.1 Å². The van der Waals surface area contributed by atoms with Crippen molar-refractivity contribution in [3.8, 4) is 0 Å². The van der Waals surface area contributed by atoms with Crippen molar-refractivity contribution in [2.75, 3.05) is 11.5 Å². The van der Waals surface area contributed by atoms with Gasteiger partial charge in [-0.05, 0) is 12.1 Å². The van der Waals surface area contributed by atoms with Crippen LogP contribution in [0.2, 0.25) is 0 Å². The van der Waals surface area contributed by atoms with E-state index < -0.39 is 46.8 Å². The van der Waals surface area contributed by atoms with E-state index >= 15 is 0 Å². The molecule has 0 radical (unpaired) electrons. The second kappa shape index (κ2) is 10.5. The Kier molecular flexibility index (Phi) is 7.77. The molecule has 1 saturated heterocycles. The minimum absolute atomic E-state index is 0.0300. The fourth-order valence-electron chi connectivity index (χ4n) is 3.35. The lowest BCUT2D eigenvalue weighted by atomic mass is 10.1. The van der Waals surface area contributed by atoms with Gasteiger partial charge in [-0.1, -0.05) is 46.8 Å². The Morgan fingerprint density at radius 2 is 1.94 bits per heavy atom. The summed E-state index contributed by atoms with van der Waals surface area (Å²) in [5.41, 5.74) is -0.0664. The fraction of sp³-hybridized carbons (Fsp3) is 0.318. The van der Waals surface area contributed by atoms with Crippen molar-refractivity contribution in [2.24, 2.45) is 0 Å². The third kappa shape index (κ3) is 5.55. The van der Waals surface area contributed by atoms with Gasteiger partial charge in [0.05, 0.1) is 4.83 Å². The maximum atomic E-state index is 13.6. The molecule has 1 aromatic heterocycles. The monoisotopic (exact) mass is 519 g/mol. The van der Waals surface area contributed by atoms with E-state index in [1.54, 1.807) is 30.3 Å². The molecule has 1 aliphatic rings. The van der Waals surface area contributed by atoms with Crippen molar-refractivity contribution in [3.05, 3.63) is 64.7 Å². The normalized spacial score (nSPS) is 21.8.